The molecule has 0 spiro atoms. The first kappa shape index (κ1) is 13.3. The molecule has 17 heavy (non-hydrogen) atoms. The van der Waals surface area contributed by atoms with Crippen molar-refractivity contribution in [3.05, 3.63) is 54.7 Å². The Hall–Kier alpha value is -0.100. The Morgan fingerprint density at radius 2 is 2.06 bits per heavy atom. The molecule has 1 nitrogen and oxygen atoms in total. The largest absolute Gasteiger partial charge is 0.313 e. The van der Waals surface area contributed by atoms with E-state index in [2.05, 4.69) is 51.5 Å². The second-order valence-corrected chi connectivity index (χ2v) is 7.10. The van der Waals surface area contributed by atoms with Crippen LogP contribution < -0.4 is 5.32 Å². The summed E-state index contributed by atoms with van der Waals surface area (Å²) in [6.45, 7) is 0. The summed E-state index contributed by atoms with van der Waals surface area (Å²) in [6.07, 6.45) is 0.987. The maximum Gasteiger partial charge on any atom is 0.0656 e. The average Bonchev–Trinajstić information content (AvgIpc) is 2.75. The second-order valence-electron chi connectivity index (χ2n) is 3.86. The van der Waals surface area contributed by atoms with Crippen molar-refractivity contribution in [2.24, 2.45) is 0 Å². The first-order valence-corrected chi connectivity index (χ1v) is 7.68. The Labute approximate surface area is 124 Å². The molecule has 90 valence electrons. The van der Waals surface area contributed by atoms with Gasteiger partial charge in [0.1, 0.15) is 0 Å². The van der Waals surface area contributed by atoms with Crippen molar-refractivity contribution in [1.29, 1.82) is 0 Å². The monoisotopic (exact) mass is 377 g/mol. The maximum atomic E-state index is 5.89. The van der Waals surface area contributed by atoms with E-state index in [-0.39, 0.29) is 0 Å². The number of halogens is 2. The molecule has 1 unspecified atom stereocenters. The number of hydrogen-bond donors (Lipinski definition) is 1. The van der Waals surface area contributed by atoms with Crippen molar-refractivity contribution in [2.75, 3.05) is 7.05 Å². The molecule has 0 bridgehead atoms. The van der Waals surface area contributed by atoms with Gasteiger partial charge in [0, 0.05) is 11.1 Å². The van der Waals surface area contributed by atoms with Gasteiger partial charge in [-0.15, -0.1) is 11.3 Å². The molecule has 0 saturated carbocycles. The van der Waals surface area contributed by atoms with Gasteiger partial charge in [0.25, 0.3) is 0 Å². The lowest BCUT2D eigenvalue weighted by molar-refractivity contribution is 0.594. The van der Waals surface area contributed by atoms with Crippen LogP contribution in [0, 0.1) is 2.88 Å². The first-order chi connectivity index (χ1) is 8.19. The highest BCUT2D eigenvalue weighted by molar-refractivity contribution is 14.1. The van der Waals surface area contributed by atoms with Gasteiger partial charge in [-0.3, -0.25) is 0 Å². The van der Waals surface area contributed by atoms with Crippen molar-refractivity contribution < 1.29 is 0 Å². The van der Waals surface area contributed by atoms with E-state index < -0.39 is 0 Å². The molecule has 0 radical (unpaired) electrons. The summed E-state index contributed by atoms with van der Waals surface area (Å²) >= 11 is 10.0. The van der Waals surface area contributed by atoms with Gasteiger partial charge >= 0.3 is 0 Å². The topological polar surface area (TPSA) is 12.0 Å². The Kier molecular flexibility index (Phi) is 4.85. The molecule has 0 amide bonds. The van der Waals surface area contributed by atoms with Crippen LogP contribution in [-0.2, 0) is 6.42 Å². The summed E-state index contributed by atoms with van der Waals surface area (Å²) < 4.78 is 1.33. The van der Waals surface area contributed by atoms with E-state index in [9.17, 15) is 0 Å². The van der Waals surface area contributed by atoms with Crippen LogP contribution in [0.5, 0.6) is 0 Å². The highest BCUT2D eigenvalue weighted by Gasteiger charge is 2.11. The molecule has 0 aliphatic rings. The third kappa shape index (κ3) is 3.68. The molecule has 1 atom stereocenters. The Morgan fingerprint density at radius 3 is 2.59 bits per heavy atom. The van der Waals surface area contributed by atoms with E-state index in [4.69, 9.17) is 11.6 Å². The number of nitrogens with one attached hydrogen (secondary N) is 1. The third-order valence-corrected chi connectivity index (χ3v) is 4.75. The number of rotatable bonds is 4. The summed E-state index contributed by atoms with van der Waals surface area (Å²) in [5, 5.41) is 6.38. The minimum Gasteiger partial charge on any atom is -0.313 e. The predicted octanol–water partition coefficient (Wildman–Crippen LogP) is 4.51. The highest BCUT2D eigenvalue weighted by Crippen LogP contribution is 2.25. The van der Waals surface area contributed by atoms with Crippen LogP contribution >= 0.6 is 45.5 Å². The van der Waals surface area contributed by atoms with Crippen molar-refractivity contribution in [2.45, 2.75) is 12.5 Å². The average molecular weight is 378 g/mol. The molecule has 1 aromatic carbocycles. The number of thiophene rings is 1. The fraction of sp³-hybridized carbons (Fsp3) is 0.231. The Bertz CT molecular complexity index is 480. The molecule has 0 aliphatic carbocycles. The quantitative estimate of drug-likeness (QED) is 0.773. The Morgan fingerprint density at radius 1 is 1.35 bits per heavy atom. The van der Waals surface area contributed by atoms with Crippen LogP contribution in [0.25, 0.3) is 0 Å². The Balaban J connectivity index is 2.12. The van der Waals surface area contributed by atoms with Crippen molar-refractivity contribution >= 4 is 45.5 Å². The molecule has 0 fully saturated rings. The van der Waals surface area contributed by atoms with Crippen LogP contribution in [0.4, 0.5) is 0 Å². The fourth-order valence-corrected chi connectivity index (χ4v) is 3.30. The normalized spacial score (nSPS) is 12.6. The first-order valence-electron chi connectivity index (χ1n) is 5.34. The summed E-state index contributed by atoms with van der Waals surface area (Å²) in [5.41, 5.74) is 2.66. The lowest BCUT2D eigenvalue weighted by Gasteiger charge is -2.15. The summed E-state index contributed by atoms with van der Waals surface area (Å²) in [7, 11) is 2.01. The lowest BCUT2D eigenvalue weighted by Crippen LogP contribution is -2.18. The van der Waals surface area contributed by atoms with Crippen LogP contribution in [0.3, 0.4) is 0 Å². The predicted molar refractivity (Wildman–Crippen MR) is 84.0 cm³/mol. The molecular formula is C13H13ClINS. The minimum atomic E-state index is 0.371. The zero-order valence-corrected chi connectivity index (χ0v) is 13.1. The van der Waals surface area contributed by atoms with Gasteiger partial charge in [0.2, 0.25) is 0 Å². The number of hydrogen-bond acceptors (Lipinski definition) is 2. The molecule has 1 heterocycles. The smallest absolute Gasteiger partial charge is 0.0656 e. The number of likely N-dealkylation sites (N-methyl/N-ethyl adjacent to an activating group) is 1. The summed E-state index contributed by atoms with van der Waals surface area (Å²) in [6, 6.07) is 10.7. The molecular weight excluding hydrogens is 365 g/mol. The maximum absolute atomic E-state index is 5.89. The lowest BCUT2D eigenvalue weighted by atomic mass is 10.0. The van der Waals surface area contributed by atoms with Crippen LogP contribution in [0.15, 0.2) is 35.7 Å². The van der Waals surface area contributed by atoms with Crippen LogP contribution in [0.2, 0.25) is 5.02 Å². The van der Waals surface area contributed by atoms with Gasteiger partial charge in [-0.1, -0.05) is 23.7 Å². The van der Waals surface area contributed by atoms with E-state index in [0.29, 0.717) is 6.04 Å². The van der Waals surface area contributed by atoms with Crippen molar-refractivity contribution in [1.82, 2.24) is 5.32 Å². The number of benzene rings is 1. The summed E-state index contributed by atoms with van der Waals surface area (Å²) in [4.78, 5) is 0. The van der Waals surface area contributed by atoms with Crippen LogP contribution in [0.1, 0.15) is 17.2 Å². The van der Waals surface area contributed by atoms with Gasteiger partial charge in [-0.05, 0) is 70.8 Å². The van der Waals surface area contributed by atoms with Gasteiger partial charge in [0.15, 0.2) is 0 Å². The molecule has 0 aliphatic heterocycles. The van der Waals surface area contributed by atoms with E-state index in [0.717, 1.165) is 11.4 Å². The molecule has 0 saturated heterocycles. The standard InChI is InChI=1S/C13H13ClINS/c1-16-12(10-7-13(15)17-8-10)6-9-2-4-11(14)5-3-9/h2-5,7-8,12,16H,6H2,1H3. The van der Waals surface area contributed by atoms with Gasteiger partial charge in [-0.2, -0.15) is 0 Å². The molecule has 2 rings (SSSR count). The molecule has 1 N–H and O–H groups in total. The zero-order chi connectivity index (χ0) is 12.3. The molecule has 2 aromatic rings. The highest BCUT2D eigenvalue weighted by atomic mass is 127. The van der Waals surface area contributed by atoms with E-state index in [1.165, 1.54) is 14.0 Å². The van der Waals surface area contributed by atoms with Crippen molar-refractivity contribution in [3.8, 4) is 0 Å². The van der Waals surface area contributed by atoms with Gasteiger partial charge in [0.05, 0.1) is 2.88 Å². The van der Waals surface area contributed by atoms with Gasteiger partial charge < -0.3 is 5.32 Å². The SMILES string of the molecule is CNC(Cc1ccc(Cl)cc1)c1csc(I)c1. The van der Waals surface area contributed by atoms with E-state index in [1.807, 2.05) is 19.2 Å². The minimum absolute atomic E-state index is 0.371. The van der Waals surface area contributed by atoms with E-state index >= 15 is 0 Å². The van der Waals surface area contributed by atoms with Gasteiger partial charge in [-0.25, -0.2) is 0 Å². The van der Waals surface area contributed by atoms with Crippen molar-refractivity contribution in [3.63, 3.8) is 0 Å². The molecule has 1 aromatic heterocycles. The van der Waals surface area contributed by atoms with E-state index in [1.54, 1.807) is 11.3 Å². The molecule has 4 heteroatoms. The second kappa shape index (κ2) is 6.18. The van der Waals surface area contributed by atoms with Crippen LogP contribution in [-0.4, -0.2) is 7.05 Å². The fourth-order valence-electron chi connectivity index (χ4n) is 1.75. The third-order valence-electron chi connectivity index (χ3n) is 2.69. The zero-order valence-electron chi connectivity index (χ0n) is 9.41. The summed E-state index contributed by atoms with van der Waals surface area (Å²) in [5.74, 6) is 0.